The fourth-order valence-corrected chi connectivity index (χ4v) is 1.61. The second-order valence-corrected chi connectivity index (χ2v) is 3.76. The van der Waals surface area contributed by atoms with Crippen LogP contribution in [-0.2, 0) is 0 Å². The molecule has 1 radical (unpaired) electrons. The topological polar surface area (TPSA) is 0 Å². The summed E-state index contributed by atoms with van der Waals surface area (Å²) in [5.74, 6) is 0. The maximum Gasteiger partial charge on any atom is -0.0279 e. The van der Waals surface area contributed by atoms with E-state index in [1.54, 1.807) is 0 Å². The van der Waals surface area contributed by atoms with Crippen LogP contribution < -0.4 is 0 Å². The molecule has 0 aromatic heterocycles. The molecule has 0 bridgehead atoms. The lowest BCUT2D eigenvalue weighted by molar-refractivity contribution is 0.690. The zero-order valence-corrected chi connectivity index (χ0v) is 8.60. The molecule has 0 saturated carbocycles. The lowest BCUT2D eigenvalue weighted by Crippen LogP contribution is -1.74. The molecule has 0 nitrogen and oxygen atoms in total. The van der Waals surface area contributed by atoms with Crippen LogP contribution in [0.1, 0.15) is 57.8 Å². The Morgan fingerprint density at radius 3 is 2.23 bits per heavy atom. The van der Waals surface area contributed by atoms with Gasteiger partial charge in [-0.15, -0.1) is 0 Å². The predicted molar refractivity (Wildman–Crippen MR) is 58.5 cm³/mol. The van der Waals surface area contributed by atoms with Gasteiger partial charge in [0.15, 0.2) is 0 Å². The molecule has 0 amide bonds. The number of rotatable bonds is 0. The van der Waals surface area contributed by atoms with Crippen LogP contribution >= 0.6 is 0 Å². The lowest BCUT2D eigenvalue weighted by atomic mass is 10.1. The van der Waals surface area contributed by atoms with E-state index >= 15 is 0 Å². The van der Waals surface area contributed by atoms with E-state index in [4.69, 9.17) is 0 Å². The van der Waals surface area contributed by atoms with E-state index < -0.39 is 0 Å². The van der Waals surface area contributed by atoms with Gasteiger partial charge in [0.2, 0.25) is 0 Å². The monoisotopic (exact) mass is 177 g/mol. The van der Waals surface area contributed by atoms with Crippen LogP contribution in [0.5, 0.6) is 0 Å². The van der Waals surface area contributed by atoms with Gasteiger partial charge in [-0.2, -0.15) is 0 Å². The van der Waals surface area contributed by atoms with Gasteiger partial charge in [0, 0.05) is 0 Å². The third-order valence-corrected chi connectivity index (χ3v) is 2.47. The van der Waals surface area contributed by atoms with E-state index in [1.165, 1.54) is 57.8 Å². The maximum atomic E-state index is 3.38. The molecule has 0 heteroatoms. The molecule has 0 fully saturated rings. The second-order valence-electron chi connectivity index (χ2n) is 3.76. The Morgan fingerprint density at radius 2 is 1.38 bits per heavy atom. The first-order valence-corrected chi connectivity index (χ1v) is 5.70. The molecule has 0 aliphatic heterocycles. The van der Waals surface area contributed by atoms with Crippen LogP contribution in [0.4, 0.5) is 0 Å². The highest BCUT2D eigenvalue weighted by Crippen LogP contribution is 2.08. The summed E-state index contributed by atoms with van der Waals surface area (Å²) in [4.78, 5) is 0. The molecule has 0 heterocycles. The van der Waals surface area contributed by atoms with Gasteiger partial charge < -0.3 is 0 Å². The number of allylic oxidation sites excluding steroid dienone is 4. The molecular weight excluding hydrogens is 156 g/mol. The molecule has 1 aliphatic rings. The second kappa shape index (κ2) is 8.10. The Morgan fingerprint density at radius 1 is 0.692 bits per heavy atom. The first kappa shape index (κ1) is 10.6. The smallest absolute Gasteiger partial charge is 0.0279 e. The van der Waals surface area contributed by atoms with Gasteiger partial charge in [0.25, 0.3) is 0 Å². The Balaban J connectivity index is 2.18. The molecule has 0 aromatic carbocycles. The highest BCUT2D eigenvalue weighted by atomic mass is 13.9. The minimum atomic E-state index is 1.17. The number of hydrogen-bond acceptors (Lipinski definition) is 0. The maximum absolute atomic E-state index is 3.38. The van der Waals surface area contributed by atoms with Crippen LogP contribution in [0.2, 0.25) is 0 Å². The molecule has 0 saturated heterocycles. The van der Waals surface area contributed by atoms with Gasteiger partial charge in [0.05, 0.1) is 0 Å². The van der Waals surface area contributed by atoms with E-state index in [9.17, 15) is 0 Å². The van der Waals surface area contributed by atoms with Gasteiger partial charge in [-0.3, -0.25) is 0 Å². The summed E-state index contributed by atoms with van der Waals surface area (Å²) in [7, 11) is 0. The van der Waals surface area contributed by atoms with Crippen molar-refractivity contribution in [1.29, 1.82) is 0 Å². The van der Waals surface area contributed by atoms with Gasteiger partial charge in [0.1, 0.15) is 0 Å². The molecule has 1 rings (SSSR count). The van der Waals surface area contributed by atoms with E-state index in [1.807, 2.05) is 0 Å². The average molecular weight is 177 g/mol. The van der Waals surface area contributed by atoms with Crippen molar-refractivity contribution in [2.75, 3.05) is 0 Å². The highest BCUT2D eigenvalue weighted by molar-refractivity contribution is 4.82. The van der Waals surface area contributed by atoms with E-state index in [-0.39, 0.29) is 0 Å². The van der Waals surface area contributed by atoms with Crippen molar-refractivity contribution in [3.05, 3.63) is 24.3 Å². The SMILES string of the molecule is [C]1=C/CCCC/C=C\CCCCC/1. The van der Waals surface area contributed by atoms with Gasteiger partial charge in [-0.25, -0.2) is 0 Å². The Bertz CT molecular complexity index is 135. The zero-order chi connectivity index (χ0) is 9.19. The summed E-state index contributed by atoms with van der Waals surface area (Å²) in [6.45, 7) is 0. The quantitative estimate of drug-likeness (QED) is 0.480. The van der Waals surface area contributed by atoms with Crippen LogP contribution in [0.3, 0.4) is 0 Å². The number of hydrogen-bond donors (Lipinski definition) is 0. The van der Waals surface area contributed by atoms with Crippen LogP contribution in [0, 0.1) is 6.08 Å². The van der Waals surface area contributed by atoms with Crippen LogP contribution in [0.25, 0.3) is 0 Å². The zero-order valence-electron chi connectivity index (χ0n) is 8.60. The van der Waals surface area contributed by atoms with Gasteiger partial charge in [-0.1, -0.05) is 24.6 Å². The molecule has 1 aliphatic carbocycles. The minimum absolute atomic E-state index is 1.17. The van der Waals surface area contributed by atoms with E-state index in [0.717, 1.165) is 0 Å². The predicted octanol–water partition coefficient (Wildman–Crippen LogP) is 4.43. The molecule has 0 unspecified atom stereocenters. The Labute approximate surface area is 82.7 Å². The van der Waals surface area contributed by atoms with Gasteiger partial charge >= 0.3 is 0 Å². The Hall–Kier alpha value is -0.520. The van der Waals surface area contributed by atoms with Crippen molar-refractivity contribution in [2.24, 2.45) is 0 Å². The van der Waals surface area contributed by atoms with Crippen LogP contribution in [0.15, 0.2) is 18.2 Å². The van der Waals surface area contributed by atoms with Crippen molar-refractivity contribution in [3.63, 3.8) is 0 Å². The molecule has 0 spiro atoms. The standard InChI is InChI=1S/C13H21/c1-2-4-6-8-10-12-13-11-9-7-5-3-1/h1-2,11H,3-10,12H2/b2-1-,13-11?. The Kier molecular flexibility index (Phi) is 6.58. The molecule has 0 aromatic rings. The summed E-state index contributed by atoms with van der Waals surface area (Å²) in [5.41, 5.74) is 0. The van der Waals surface area contributed by atoms with Gasteiger partial charge in [-0.05, 0) is 57.4 Å². The molecular formula is C13H21. The average Bonchev–Trinajstić information content (AvgIpc) is 2.18. The largest absolute Gasteiger partial charge is 0.0885 e. The van der Waals surface area contributed by atoms with Crippen molar-refractivity contribution >= 4 is 0 Å². The third kappa shape index (κ3) is 6.62. The normalized spacial score (nSPS) is 26.5. The molecule has 73 valence electrons. The summed E-state index contributed by atoms with van der Waals surface area (Å²) in [5, 5.41) is 0. The van der Waals surface area contributed by atoms with Crippen LogP contribution in [-0.4, -0.2) is 0 Å². The summed E-state index contributed by atoms with van der Waals surface area (Å²) in [6, 6.07) is 0. The fraction of sp³-hybridized carbons (Fsp3) is 0.692. The van der Waals surface area contributed by atoms with Crippen molar-refractivity contribution in [2.45, 2.75) is 57.8 Å². The lowest BCUT2D eigenvalue weighted by Gasteiger charge is -1.93. The van der Waals surface area contributed by atoms with E-state index in [0.29, 0.717) is 0 Å². The van der Waals surface area contributed by atoms with Crippen molar-refractivity contribution in [3.8, 4) is 0 Å². The third-order valence-electron chi connectivity index (χ3n) is 2.47. The molecule has 0 atom stereocenters. The fourth-order valence-electron chi connectivity index (χ4n) is 1.61. The minimum Gasteiger partial charge on any atom is -0.0885 e. The molecule has 13 heavy (non-hydrogen) atoms. The van der Waals surface area contributed by atoms with Crippen molar-refractivity contribution in [1.82, 2.24) is 0 Å². The first-order chi connectivity index (χ1) is 6.50. The first-order valence-electron chi connectivity index (χ1n) is 5.70. The summed E-state index contributed by atoms with van der Waals surface area (Å²) in [6.07, 6.45) is 22.0. The van der Waals surface area contributed by atoms with E-state index in [2.05, 4.69) is 24.3 Å². The molecule has 0 N–H and O–H groups in total. The summed E-state index contributed by atoms with van der Waals surface area (Å²) >= 11 is 0. The highest BCUT2D eigenvalue weighted by Gasteiger charge is 1.89. The van der Waals surface area contributed by atoms with Crippen molar-refractivity contribution < 1.29 is 0 Å². The summed E-state index contributed by atoms with van der Waals surface area (Å²) < 4.78 is 0.